The summed E-state index contributed by atoms with van der Waals surface area (Å²) < 4.78 is 34.3. The summed E-state index contributed by atoms with van der Waals surface area (Å²) in [5, 5.41) is 18.0. The van der Waals surface area contributed by atoms with Crippen LogP contribution in [0.1, 0.15) is 26.7 Å². The molecule has 7 heteroatoms. The summed E-state index contributed by atoms with van der Waals surface area (Å²) in [6.45, 7) is 2.70. The number of ether oxygens (including phenoxy) is 1. The van der Waals surface area contributed by atoms with Crippen LogP contribution in [0, 0.1) is 0 Å². The minimum absolute atomic E-state index is 0.160. The van der Waals surface area contributed by atoms with Crippen molar-refractivity contribution in [3.8, 4) is 0 Å². The Balaban J connectivity index is 2.45. The van der Waals surface area contributed by atoms with Gasteiger partial charge in [0.1, 0.15) is 17.0 Å². The van der Waals surface area contributed by atoms with E-state index in [9.17, 15) is 18.6 Å². The molecule has 0 aromatic heterocycles. The Morgan fingerprint density at radius 2 is 2.00 bits per heavy atom. The summed E-state index contributed by atoms with van der Waals surface area (Å²) in [6.07, 6.45) is -0.0838. The van der Waals surface area contributed by atoms with Gasteiger partial charge in [-0.3, -0.25) is 4.18 Å². The van der Waals surface area contributed by atoms with Crippen molar-refractivity contribution in [1.82, 2.24) is 0 Å². The minimum atomic E-state index is -3.73. The summed E-state index contributed by atoms with van der Waals surface area (Å²) in [4.78, 5) is 0. The molecule has 100 valence electrons. The van der Waals surface area contributed by atoms with Gasteiger partial charge < -0.3 is 14.9 Å². The molecular weight excluding hydrogens is 248 g/mol. The van der Waals surface area contributed by atoms with Crippen LogP contribution in [0.2, 0.25) is 0 Å². The molecule has 0 saturated carbocycles. The Morgan fingerprint density at radius 3 is 2.41 bits per heavy atom. The molecule has 2 aliphatic rings. The van der Waals surface area contributed by atoms with Gasteiger partial charge in [-0.15, -0.1) is 0 Å². The molecule has 0 aliphatic carbocycles. The number of hydrogen-bond acceptors (Lipinski definition) is 6. The first-order valence-electron chi connectivity index (χ1n) is 5.70. The van der Waals surface area contributed by atoms with Gasteiger partial charge in [-0.25, -0.2) is 0 Å². The fourth-order valence-corrected chi connectivity index (χ4v) is 4.76. The van der Waals surface area contributed by atoms with Crippen molar-refractivity contribution < 1.29 is 27.6 Å². The highest BCUT2D eigenvalue weighted by molar-refractivity contribution is 7.87. The van der Waals surface area contributed by atoms with Gasteiger partial charge in [0, 0.05) is 6.42 Å². The van der Waals surface area contributed by atoms with Crippen molar-refractivity contribution >= 4 is 10.1 Å². The number of aliphatic hydroxyl groups excluding tert-OH is 2. The highest BCUT2D eigenvalue weighted by Crippen LogP contribution is 2.50. The number of fused-ring (bicyclic) bond motifs is 1. The van der Waals surface area contributed by atoms with Gasteiger partial charge in [0.05, 0.1) is 18.8 Å². The summed E-state index contributed by atoms with van der Waals surface area (Å²) in [6, 6.07) is 0. The van der Waals surface area contributed by atoms with Crippen molar-refractivity contribution in [2.45, 2.75) is 49.2 Å². The smallest absolute Gasteiger partial charge is 0.273 e. The molecule has 4 unspecified atom stereocenters. The van der Waals surface area contributed by atoms with E-state index < -0.39 is 39.3 Å². The van der Waals surface area contributed by atoms with Crippen LogP contribution < -0.4 is 0 Å². The molecular formula is C10H18O6S. The van der Waals surface area contributed by atoms with Gasteiger partial charge in [-0.2, -0.15) is 8.42 Å². The molecule has 2 rings (SSSR count). The van der Waals surface area contributed by atoms with Gasteiger partial charge in [0.25, 0.3) is 10.1 Å². The quantitative estimate of drug-likeness (QED) is 0.662. The van der Waals surface area contributed by atoms with Crippen molar-refractivity contribution in [3.05, 3.63) is 0 Å². The Kier molecular flexibility index (Phi) is 3.03. The lowest BCUT2D eigenvalue weighted by molar-refractivity contribution is -0.167. The monoisotopic (exact) mass is 266 g/mol. The van der Waals surface area contributed by atoms with Crippen molar-refractivity contribution in [2.75, 3.05) is 13.2 Å². The SMILES string of the molecule is CCC1(CO)CC2C(CO)(O1)C(C)OS2(=O)=O. The lowest BCUT2D eigenvalue weighted by Crippen LogP contribution is -2.49. The minimum Gasteiger partial charge on any atom is -0.393 e. The molecule has 4 atom stereocenters. The predicted octanol–water partition coefficient (Wildman–Crippen LogP) is -0.604. The van der Waals surface area contributed by atoms with Crippen LogP contribution in [0.25, 0.3) is 0 Å². The second kappa shape index (κ2) is 3.89. The van der Waals surface area contributed by atoms with Crippen LogP contribution in [-0.4, -0.2) is 54.4 Å². The lowest BCUT2D eigenvalue weighted by Gasteiger charge is -2.33. The highest BCUT2D eigenvalue weighted by Gasteiger charge is 2.67. The first kappa shape index (κ1) is 13.2. The van der Waals surface area contributed by atoms with Crippen molar-refractivity contribution in [2.24, 2.45) is 0 Å². The summed E-state index contributed by atoms with van der Waals surface area (Å²) in [5.41, 5.74) is -2.13. The van der Waals surface area contributed by atoms with E-state index in [0.717, 1.165) is 0 Å². The van der Waals surface area contributed by atoms with Crippen LogP contribution in [-0.2, 0) is 19.0 Å². The third-order valence-corrected chi connectivity index (χ3v) is 5.82. The van der Waals surface area contributed by atoms with E-state index in [1.54, 1.807) is 6.92 Å². The molecule has 0 aromatic rings. The van der Waals surface area contributed by atoms with Crippen LogP contribution in [0.4, 0.5) is 0 Å². The molecule has 0 amide bonds. The van der Waals surface area contributed by atoms with Crippen LogP contribution in [0.15, 0.2) is 0 Å². The molecule has 2 N–H and O–H groups in total. The topological polar surface area (TPSA) is 93.1 Å². The third kappa shape index (κ3) is 1.64. The van der Waals surface area contributed by atoms with E-state index >= 15 is 0 Å². The zero-order valence-corrected chi connectivity index (χ0v) is 10.7. The van der Waals surface area contributed by atoms with Gasteiger partial charge in [-0.1, -0.05) is 6.92 Å². The summed E-state index contributed by atoms with van der Waals surface area (Å²) >= 11 is 0. The molecule has 0 spiro atoms. The second-order valence-corrected chi connectivity index (χ2v) is 6.58. The predicted molar refractivity (Wildman–Crippen MR) is 58.9 cm³/mol. The van der Waals surface area contributed by atoms with Crippen LogP contribution in [0.3, 0.4) is 0 Å². The molecule has 2 heterocycles. The van der Waals surface area contributed by atoms with E-state index in [2.05, 4.69) is 0 Å². The Bertz CT molecular complexity index is 401. The van der Waals surface area contributed by atoms with Gasteiger partial charge in [0.15, 0.2) is 0 Å². The van der Waals surface area contributed by atoms with Crippen LogP contribution >= 0.6 is 0 Å². The molecule has 6 nitrogen and oxygen atoms in total. The Labute approximate surface area is 101 Å². The molecule has 0 radical (unpaired) electrons. The van der Waals surface area contributed by atoms with Crippen LogP contribution in [0.5, 0.6) is 0 Å². The fourth-order valence-electron chi connectivity index (χ4n) is 2.75. The molecule has 2 fully saturated rings. The maximum atomic E-state index is 11.8. The van der Waals surface area contributed by atoms with Gasteiger partial charge in [0.2, 0.25) is 0 Å². The lowest BCUT2D eigenvalue weighted by atomic mass is 9.91. The molecule has 17 heavy (non-hydrogen) atoms. The molecule has 0 aromatic carbocycles. The molecule has 2 saturated heterocycles. The van der Waals surface area contributed by atoms with E-state index in [4.69, 9.17) is 8.92 Å². The summed E-state index contributed by atoms with van der Waals surface area (Å²) in [7, 11) is -3.73. The summed E-state index contributed by atoms with van der Waals surface area (Å²) in [5.74, 6) is 0. The number of aliphatic hydroxyl groups is 2. The standard InChI is InChI=1S/C10H18O6S/c1-3-9(5-11)4-8-10(6-12,16-9)7(2)15-17(8,13)14/h7-8,11-12H,3-6H2,1-2H3. The van der Waals surface area contributed by atoms with E-state index in [1.807, 2.05) is 6.92 Å². The first-order valence-corrected chi connectivity index (χ1v) is 7.17. The molecule has 2 aliphatic heterocycles. The number of rotatable bonds is 3. The molecule has 0 bridgehead atoms. The maximum absolute atomic E-state index is 11.8. The number of hydrogen-bond donors (Lipinski definition) is 2. The van der Waals surface area contributed by atoms with Crippen molar-refractivity contribution in [3.63, 3.8) is 0 Å². The second-order valence-electron chi connectivity index (χ2n) is 4.83. The normalized spacial score (nSPS) is 48.2. The van der Waals surface area contributed by atoms with E-state index in [1.165, 1.54) is 0 Å². The van der Waals surface area contributed by atoms with Gasteiger partial charge >= 0.3 is 0 Å². The average Bonchev–Trinajstić information content (AvgIpc) is 2.73. The van der Waals surface area contributed by atoms with Gasteiger partial charge in [-0.05, 0) is 13.3 Å². The van der Waals surface area contributed by atoms with E-state index in [0.29, 0.717) is 6.42 Å². The average molecular weight is 266 g/mol. The first-order chi connectivity index (χ1) is 7.86. The highest BCUT2D eigenvalue weighted by atomic mass is 32.2. The zero-order chi connectivity index (χ0) is 12.9. The zero-order valence-electron chi connectivity index (χ0n) is 9.92. The third-order valence-electron chi connectivity index (χ3n) is 4.00. The largest absolute Gasteiger partial charge is 0.393 e. The Hall–Kier alpha value is -0.210. The van der Waals surface area contributed by atoms with E-state index in [-0.39, 0.29) is 13.0 Å². The Morgan fingerprint density at radius 1 is 1.35 bits per heavy atom. The van der Waals surface area contributed by atoms with Crippen molar-refractivity contribution in [1.29, 1.82) is 0 Å². The maximum Gasteiger partial charge on any atom is 0.273 e. The fraction of sp³-hybridized carbons (Fsp3) is 1.00.